The summed E-state index contributed by atoms with van der Waals surface area (Å²) in [4.78, 5) is 24.5. The summed E-state index contributed by atoms with van der Waals surface area (Å²) < 4.78 is 16.4. The first kappa shape index (κ1) is 21.0. The molecule has 152 valence electrons. The number of aromatic nitrogens is 1. The van der Waals surface area contributed by atoms with E-state index in [0.29, 0.717) is 20.3 Å². The Bertz CT molecular complexity index is 1080. The first-order valence-corrected chi connectivity index (χ1v) is 9.95. The average molecular weight is 436 g/mol. The third-order valence-electron chi connectivity index (χ3n) is 4.23. The molecule has 0 saturated heterocycles. The van der Waals surface area contributed by atoms with Crippen molar-refractivity contribution in [1.82, 2.24) is 9.88 Å². The highest BCUT2D eigenvalue weighted by Gasteiger charge is 2.13. The Balaban J connectivity index is 1.57. The van der Waals surface area contributed by atoms with Gasteiger partial charge in [0.1, 0.15) is 5.82 Å². The summed E-state index contributed by atoms with van der Waals surface area (Å²) in [5, 5.41) is 15.4. The first-order chi connectivity index (χ1) is 13.8. The van der Waals surface area contributed by atoms with E-state index in [9.17, 15) is 19.1 Å². The molecule has 3 aromatic rings. The quantitative estimate of drug-likeness (QED) is 0.532. The lowest BCUT2D eigenvalue weighted by molar-refractivity contribution is 0.0926. The fourth-order valence-electron chi connectivity index (χ4n) is 2.68. The Hall–Kier alpha value is -2.68. The summed E-state index contributed by atoms with van der Waals surface area (Å²) in [6, 6.07) is 11.0. The Morgan fingerprint density at radius 2 is 2.07 bits per heavy atom. The van der Waals surface area contributed by atoms with E-state index in [1.807, 2.05) is 0 Å². The number of carbonyl (C=O) groups excluding carboxylic acids is 1. The zero-order valence-corrected chi connectivity index (χ0v) is 17.1. The van der Waals surface area contributed by atoms with Gasteiger partial charge in [-0.3, -0.25) is 9.59 Å². The predicted molar refractivity (Wildman–Crippen MR) is 113 cm³/mol. The summed E-state index contributed by atoms with van der Waals surface area (Å²) in [6.45, 7) is 0.0377. The number of hydrogen-bond acceptors (Lipinski definition) is 5. The lowest BCUT2D eigenvalue weighted by Crippen LogP contribution is -2.35. The minimum atomic E-state index is -0.921. The largest absolute Gasteiger partial charge is 0.389 e. The van der Waals surface area contributed by atoms with Gasteiger partial charge < -0.3 is 20.3 Å². The van der Waals surface area contributed by atoms with Crippen molar-refractivity contribution in [2.45, 2.75) is 6.10 Å². The van der Waals surface area contributed by atoms with E-state index in [1.165, 1.54) is 16.7 Å². The number of pyridine rings is 1. The average Bonchev–Trinajstić information content (AvgIpc) is 3.13. The van der Waals surface area contributed by atoms with Crippen LogP contribution in [0, 0.1) is 5.82 Å². The van der Waals surface area contributed by atoms with Crippen LogP contribution in [0.5, 0.6) is 0 Å². The number of carbonyl (C=O) groups is 1. The van der Waals surface area contributed by atoms with E-state index in [4.69, 9.17) is 11.6 Å². The lowest BCUT2D eigenvalue weighted by atomic mass is 10.1. The lowest BCUT2D eigenvalue weighted by Gasteiger charge is -2.14. The highest BCUT2D eigenvalue weighted by molar-refractivity contribution is 7.17. The second-order valence-electron chi connectivity index (χ2n) is 6.38. The molecule has 3 rings (SSSR count). The van der Waals surface area contributed by atoms with E-state index < -0.39 is 11.9 Å². The second-order valence-corrected chi connectivity index (χ2v) is 8.10. The number of nitrogens with one attached hydrogen (secondary N) is 2. The molecule has 0 aliphatic carbocycles. The number of rotatable bonds is 7. The predicted octanol–water partition coefficient (Wildman–Crippen LogP) is 3.11. The van der Waals surface area contributed by atoms with Crippen molar-refractivity contribution < 1.29 is 14.3 Å². The van der Waals surface area contributed by atoms with Crippen LogP contribution in [-0.2, 0) is 7.05 Å². The van der Waals surface area contributed by atoms with E-state index >= 15 is 0 Å². The molecule has 0 aliphatic heterocycles. The monoisotopic (exact) mass is 435 g/mol. The molecule has 1 atom stereocenters. The van der Waals surface area contributed by atoms with Crippen molar-refractivity contribution in [3.63, 3.8) is 0 Å². The van der Waals surface area contributed by atoms with Gasteiger partial charge in [-0.2, -0.15) is 0 Å². The van der Waals surface area contributed by atoms with Gasteiger partial charge in [0.05, 0.1) is 21.0 Å². The van der Waals surface area contributed by atoms with E-state index in [2.05, 4.69) is 10.6 Å². The molecule has 1 aromatic carbocycles. The molecule has 3 N–H and O–H groups in total. The minimum absolute atomic E-state index is 0.00110. The van der Waals surface area contributed by atoms with Crippen molar-refractivity contribution in [2.75, 3.05) is 18.4 Å². The van der Waals surface area contributed by atoms with Crippen LogP contribution >= 0.6 is 22.9 Å². The Morgan fingerprint density at radius 1 is 1.28 bits per heavy atom. The van der Waals surface area contributed by atoms with Gasteiger partial charge in [-0.25, -0.2) is 4.39 Å². The molecule has 2 aromatic heterocycles. The first-order valence-electron chi connectivity index (χ1n) is 8.76. The number of nitrogens with zero attached hydrogens (tertiary/aromatic N) is 1. The number of benzene rings is 1. The fraction of sp³-hybridized carbons (Fsp3) is 0.200. The number of amides is 1. The standard InChI is InChI=1S/C20H19ClFN3O3S/c1-25-8-2-3-14(20(25)28)12-4-5-16(15(22)9-12)23-10-13(26)11-24-19(27)17-6-7-18(21)29-17/h2-9,13,23,26H,10-11H2,1H3,(H,24,27). The molecule has 1 amide bonds. The maximum Gasteiger partial charge on any atom is 0.261 e. The van der Waals surface area contributed by atoms with E-state index in [-0.39, 0.29) is 30.2 Å². The molecule has 9 heteroatoms. The van der Waals surface area contributed by atoms with Gasteiger partial charge in [0.25, 0.3) is 11.5 Å². The molecule has 0 bridgehead atoms. The zero-order chi connectivity index (χ0) is 21.0. The van der Waals surface area contributed by atoms with Crippen LogP contribution in [0.15, 0.2) is 53.5 Å². The topological polar surface area (TPSA) is 83.4 Å². The zero-order valence-electron chi connectivity index (χ0n) is 15.5. The van der Waals surface area contributed by atoms with Gasteiger partial charge in [0.2, 0.25) is 0 Å². The van der Waals surface area contributed by atoms with Crippen LogP contribution in [0.2, 0.25) is 4.34 Å². The highest BCUT2D eigenvalue weighted by atomic mass is 35.5. The van der Waals surface area contributed by atoms with Gasteiger partial charge in [-0.1, -0.05) is 17.7 Å². The van der Waals surface area contributed by atoms with Crippen LogP contribution in [0.1, 0.15) is 9.67 Å². The van der Waals surface area contributed by atoms with E-state index in [0.717, 1.165) is 11.3 Å². The van der Waals surface area contributed by atoms with E-state index in [1.54, 1.807) is 43.6 Å². The minimum Gasteiger partial charge on any atom is -0.389 e. The summed E-state index contributed by atoms with van der Waals surface area (Å²) in [5.74, 6) is -0.876. The number of thiophene rings is 1. The molecule has 6 nitrogen and oxygen atoms in total. The number of hydrogen-bond donors (Lipinski definition) is 3. The molecule has 1 unspecified atom stereocenters. The van der Waals surface area contributed by atoms with Gasteiger partial charge in [-0.05, 0) is 42.0 Å². The van der Waals surface area contributed by atoms with Gasteiger partial charge >= 0.3 is 0 Å². The number of halogens is 2. The smallest absolute Gasteiger partial charge is 0.261 e. The summed E-state index contributed by atoms with van der Waals surface area (Å²) in [6.07, 6.45) is 0.709. The maximum absolute atomic E-state index is 14.4. The SMILES string of the molecule is Cn1cccc(-c2ccc(NCC(O)CNC(=O)c3ccc(Cl)s3)c(F)c2)c1=O. The normalized spacial score (nSPS) is 11.9. The maximum atomic E-state index is 14.4. The number of aliphatic hydroxyl groups excluding tert-OH is 1. The molecule has 0 radical (unpaired) electrons. The number of anilines is 1. The molecule has 2 heterocycles. The Labute approximate surface area is 175 Å². The molecular formula is C20H19ClFN3O3S. The van der Waals surface area contributed by atoms with Crippen molar-refractivity contribution in [1.29, 1.82) is 0 Å². The summed E-state index contributed by atoms with van der Waals surface area (Å²) in [5.41, 5.74) is 0.844. The van der Waals surface area contributed by atoms with Crippen LogP contribution in [-0.4, -0.2) is 34.8 Å². The third kappa shape index (κ3) is 5.23. The van der Waals surface area contributed by atoms with Gasteiger partial charge in [0, 0.05) is 31.9 Å². The van der Waals surface area contributed by atoms with Crippen LogP contribution in [0.3, 0.4) is 0 Å². The summed E-state index contributed by atoms with van der Waals surface area (Å²) >= 11 is 6.93. The molecule has 29 heavy (non-hydrogen) atoms. The number of aryl methyl sites for hydroxylation is 1. The molecular weight excluding hydrogens is 417 g/mol. The highest BCUT2D eigenvalue weighted by Crippen LogP contribution is 2.22. The van der Waals surface area contributed by atoms with Gasteiger partial charge in [-0.15, -0.1) is 11.3 Å². The number of aliphatic hydroxyl groups is 1. The Morgan fingerprint density at radius 3 is 2.76 bits per heavy atom. The summed E-state index contributed by atoms with van der Waals surface area (Å²) in [7, 11) is 1.63. The van der Waals surface area contributed by atoms with Crippen LogP contribution in [0.4, 0.5) is 10.1 Å². The van der Waals surface area contributed by atoms with Crippen molar-refractivity contribution >= 4 is 34.5 Å². The van der Waals surface area contributed by atoms with Crippen LogP contribution in [0.25, 0.3) is 11.1 Å². The molecule has 0 spiro atoms. The molecule has 0 fully saturated rings. The molecule has 0 aliphatic rings. The van der Waals surface area contributed by atoms with Crippen molar-refractivity contribution in [3.8, 4) is 11.1 Å². The second kappa shape index (κ2) is 9.21. The van der Waals surface area contributed by atoms with Crippen molar-refractivity contribution in [2.24, 2.45) is 7.05 Å². The van der Waals surface area contributed by atoms with Crippen LogP contribution < -0.4 is 16.2 Å². The molecule has 0 saturated carbocycles. The fourth-order valence-corrected chi connectivity index (χ4v) is 3.64. The van der Waals surface area contributed by atoms with Gasteiger partial charge in [0.15, 0.2) is 0 Å². The van der Waals surface area contributed by atoms with Crippen molar-refractivity contribution in [3.05, 3.63) is 74.0 Å². The third-order valence-corrected chi connectivity index (χ3v) is 5.46. The Kier molecular flexibility index (Phi) is 6.68.